The molecule has 2 atom stereocenters. The van der Waals surface area contributed by atoms with Crippen molar-refractivity contribution in [1.82, 2.24) is 10.2 Å². The predicted molar refractivity (Wildman–Crippen MR) is 91.3 cm³/mol. The minimum Gasteiger partial charge on any atom is -0.466 e. The van der Waals surface area contributed by atoms with E-state index in [0.717, 1.165) is 0 Å². The number of urea groups is 1. The number of nitrogens with one attached hydrogen (secondary N) is 1. The Kier molecular flexibility index (Phi) is 4.74. The molecular weight excluding hydrogens is 363 g/mol. The van der Waals surface area contributed by atoms with E-state index in [1.807, 2.05) is 0 Å². The second kappa shape index (κ2) is 6.71. The molecule has 0 saturated carbocycles. The van der Waals surface area contributed by atoms with Crippen LogP contribution in [0.3, 0.4) is 0 Å². The third-order valence-corrected chi connectivity index (χ3v) is 6.44. The highest BCUT2D eigenvalue weighted by Gasteiger charge is 2.42. The molecule has 1 aromatic carbocycles. The number of nitrogens with zero attached hydrogens (tertiary/aromatic N) is 1. The number of methoxy groups -OCH3 is 1. The maximum absolute atomic E-state index is 13.6. The first-order valence-electron chi connectivity index (χ1n) is 8.08. The highest BCUT2D eigenvalue weighted by molar-refractivity contribution is 7.91. The van der Waals surface area contributed by atoms with Gasteiger partial charge in [0.15, 0.2) is 9.84 Å². The summed E-state index contributed by atoms with van der Waals surface area (Å²) in [6.45, 7) is 1.57. The third kappa shape index (κ3) is 3.31. The molecule has 1 fully saturated rings. The van der Waals surface area contributed by atoms with E-state index in [0.29, 0.717) is 17.7 Å². The summed E-state index contributed by atoms with van der Waals surface area (Å²) >= 11 is 0. The lowest BCUT2D eigenvalue weighted by molar-refractivity contribution is -0.136. The number of hydrogen-bond acceptors (Lipinski definition) is 5. The van der Waals surface area contributed by atoms with Crippen molar-refractivity contribution >= 4 is 21.8 Å². The molecule has 1 aromatic rings. The summed E-state index contributed by atoms with van der Waals surface area (Å²) in [5.74, 6) is -1.32. The fraction of sp³-hybridized carbons (Fsp3) is 0.412. The molecule has 2 aliphatic rings. The van der Waals surface area contributed by atoms with Gasteiger partial charge in [-0.1, -0.05) is 12.1 Å². The van der Waals surface area contributed by atoms with Crippen LogP contribution in [0.4, 0.5) is 9.18 Å². The van der Waals surface area contributed by atoms with E-state index in [9.17, 15) is 22.4 Å². The molecule has 1 N–H and O–H groups in total. The lowest BCUT2D eigenvalue weighted by Crippen LogP contribution is -2.52. The number of allylic oxidation sites excluding steroid dienone is 1. The summed E-state index contributed by atoms with van der Waals surface area (Å²) in [4.78, 5) is 26.3. The van der Waals surface area contributed by atoms with Gasteiger partial charge in [-0.25, -0.2) is 22.4 Å². The Morgan fingerprint density at radius 2 is 2.12 bits per heavy atom. The van der Waals surface area contributed by atoms with Crippen LogP contribution in [0.15, 0.2) is 35.5 Å². The molecule has 0 unspecified atom stereocenters. The van der Waals surface area contributed by atoms with Crippen LogP contribution in [0.2, 0.25) is 0 Å². The number of carbonyl (C=O) groups is 2. The van der Waals surface area contributed by atoms with Crippen molar-refractivity contribution in [2.24, 2.45) is 0 Å². The second-order valence-electron chi connectivity index (χ2n) is 6.36. The molecule has 0 spiro atoms. The maximum atomic E-state index is 13.6. The van der Waals surface area contributed by atoms with Crippen molar-refractivity contribution in [3.05, 3.63) is 46.9 Å². The smallest absolute Gasteiger partial charge is 0.337 e. The number of benzene rings is 1. The molecule has 9 heteroatoms. The van der Waals surface area contributed by atoms with Crippen molar-refractivity contribution < 1.29 is 27.1 Å². The lowest BCUT2D eigenvalue weighted by atomic mass is 9.94. The van der Waals surface area contributed by atoms with Crippen LogP contribution < -0.4 is 5.32 Å². The van der Waals surface area contributed by atoms with E-state index in [1.54, 1.807) is 13.0 Å². The summed E-state index contributed by atoms with van der Waals surface area (Å²) in [5, 5.41) is 2.68. The number of hydrogen-bond donors (Lipinski definition) is 1. The minimum atomic E-state index is -3.22. The molecule has 2 heterocycles. The van der Waals surface area contributed by atoms with Crippen LogP contribution in [-0.4, -0.2) is 50.0 Å². The number of sulfone groups is 1. The van der Waals surface area contributed by atoms with Gasteiger partial charge in [-0.3, -0.25) is 4.90 Å². The number of amides is 2. The van der Waals surface area contributed by atoms with Gasteiger partial charge in [-0.2, -0.15) is 0 Å². The van der Waals surface area contributed by atoms with Crippen LogP contribution in [0.1, 0.15) is 24.9 Å². The zero-order valence-corrected chi connectivity index (χ0v) is 15.2. The zero-order valence-electron chi connectivity index (χ0n) is 14.4. The first-order valence-corrected chi connectivity index (χ1v) is 9.90. The highest BCUT2D eigenvalue weighted by Crippen LogP contribution is 2.34. The molecular formula is C17H19FN2O5S. The summed E-state index contributed by atoms with van der Waals surface area (Å²) in [6, 6.07) is 3.63. The van der Waals surface area contributed by atoms with E-state index in [-0.39, 0.29) is 17.1 Å². The van der Waals surface area contributed by atoms with Gasteiger partial charge >= 0.3 is 12.0 Å². The number of esters is 1. The van der Waals surface area contributed by atoms with Crippen molar-refractivity contribution in [2.75, 3.05) is 18.6 Å². The van der Waals surface area contributed by atoms with E-state index in [2.05, 4.69) is 5.32 Å². The van der Waals surface area contributed by atoms with Gasteiger partial charge in [-0.05, 0) is 31.0 Å². The monoisotopic (exact) mass is 382 g/mol. The van der Waals surface area contributed by atoms with Crippen LogP contribution in [-0.2, 0) is 19.4 Å². The molecule has 1 saturated heterocycles. The van der Waals surface area contributed by atoms with E-state index >= 15 is 0 Å². The molecule has 140 valence electrons. The van der Waals surface area contributed by atoms with Gasteiger partial charge in [0.05, 0.1) is 36.3 Å². The van der Waals surface area contributed by atoms with Crippen molar-refractivity contribution in [3.63, 3.8) is 0 Å². The van der Waals surface area contributed by atoms with Crippen molar-refractivity contribution in [2.45, 2.75) is 25.4 Å². The van der Waals surface area contributed by atoms with Gasteiger partial charge in [-0.15, -0.1) is 0 Å². The average Bonchev–Trinajstić information content (AvgIpc) is 2.93. The quantitative estimate of drug-likeness (QED) is 0.801. The van der Waals surface area contributed by atoms with E-state index in [4.69, 9.17) is 4.74 Å². The average molecular weight is 382 g/mol. The number of rotatable bonds is 3. The van der Waals surface area contributed by atoms with Crippen LogP contribution >= 0.6 is 0 Å². The molecule has 3 rings (SSSR count). The predicted octanol–water partition coefficient (Wildman–Crippen LogP) is 1.53. The molecule has 0 radical (unpaired) electrons. The minimum absolute atomic E-state index is 0.00436. The Bertz CT molecular complexity index is 896. The Balaban J connectivity index is 2.07. The second-order valence-corrected chi connectivity index (χ2v) is 8.58. The van der Waals surface area contributed by atoms with Crippen molar-refractivity contribution in [1.29, 1.82) is 0 Å². The summed E-state index contributed by atoms with van der Waals surface area (Å²) in [5.41, 5.74) is 0.871. The Labute approximate surface area is 150 Å². The third-order valence-electron chi connectivity index (χ3n) is 4.69. The maximum Gasteiger partial charge on any atom is 0.337 e. The van der Waals surface area contributed by atoms with E-state index < -0.39 is 39.7 Å². The van der Waals surface area contributed by atoms with Crippen LogP contribution in [0.25, 0.3) is 0 Å². The fourth-order valence-corrected chi connectivity index (χ4v) is 5.19. The molecule has 26 heavy (non-hydrogen) atoms. The van der Waals surface area contributed by atoms with Gasteiger partial charge < -0.3 is 10.1 Å². The first kappa shape index (κ1) is 18.4. The topological polar surface area (TPSA) is 92.8 Å². The molecule has 0 aromatic heterocycles. The van der Waals surface area contributed by atoms with E-state index in [1.165, 1.54) is 30.2 Å². The first-order chi connectivity index (χ1) is 12.2. The highest BCUT2D eigenvalue weighted by atomic mass is 32.2. The van der Waals surface area contributed by atoms with Gasteiger partial charge in [0.1, 0.15) is 5.82 Å². The Hall–Kier alpha value is -2.42. The number of carbonyl (C=O) groups excluding carboxylic acids is 2. The lowest BCUT2D eigenvalue weighted by Gasteiger charge is -2.38. The summed E-state index contributed by atoms with van der Waals surface area (Å²) in [7, 11) is -2.00. The SMILES string of the molecule is COC(=O)C1=C(C)N([C@H]2CCS(=O)(=O)C2)C(=O)N[C@@H]1c1cccc(F)c1. The summed E-state index contributed by atoms with van der Waals surface area (Å²) < 4.78 is 42.0. The molecule has 7 nitrogen and oxygen atoms in total. The zero-order chi connectivity index (χ0) is 19.1. The van der Waals surface area contributed by atoms with Crippen molar-refractivity contribution in [3.8, 4) is 0 Å². The Morgan fingerprint density at radius 3 is 2.69 bits per heavy atom. The number of ether oxygens (including phenoxy) is 1. The largest absolute Gasteiger partial charge is 0.466 e. The van der Waals surface area contributed by atoms with Gasteiger partial charge in [0, 0.05) is 5.70 Å². The fourth-order valence-electron chi connectivity index (χ4n) is 3.49. The Morgan fingerprint density at radius 1 is 1.38 bits per heavy atom. The molecule has 2 amide bonds. The normalized spacial score (nSPS) is 25.2. The van der Waals surface area contributed by atoms with Gasteiger partial charge in [0.25, 0.3) is 0 Å². The standard InChI is InChI=1S/C17H19FN2O5S/c1-10-14(16(21)25-2)15(11-4-3-5-12(18)8-11)19-17(22)20(10)13-6-7-26(23,24)9-13/h3-5,8,13,15H,6-7,9H2,1-2H3,(H,19,22)/t13-,15+/m0/s1. The van der Waals surface area contributed by atoms with Crippen LogP contribution in [0, 0.1) is 5.82 Å². The van der Waals surface area contributed by atoms with Gasteiger partial charge in [0.2, 0.25) is 0 Å². The molecule has 0 bridgehead atoms. The molecule has 0 aliphatic carbocycles. The molecule has 2 aliphatic heterocycles. The number of halogens is 1. The van der Waals surface area contributed by atoms with Crippen LogP contribution in [0.5, 0.6) is 0 Å². The summed E-state index contributed by atoms with van der Waals surface area (Å²) in [6.07, 6.45) is 0.298.